The molecule has 0 aliphatic carbocycles. The third-order valence-electron chi connectivity index (χ3n) is 1.94. The van der Waals surface area contributed by atoms with Gasteiger partial charge in [-0.15, -0.1) is 0 Å². The van der Waals surface area contributed by atoms with Gasteiger partial charge < -0.3 is 10.8 Å². The molecule has 0 spiro atoms. The van der Waals surface area contributed by atoms with Gasteiger partial charge in [0.1, 0.15) is 0 Å². The number of benzene rings is 1. The van der Waals surface area contributed by atoms with E-state index in [1.54, 1.807) is 6.20 Å². The van der Waals surface area contributed by atoms with E-state index in [1.807, 2.05) is 24.3 Å². The van der Waals surface area contributed by atoms with E-state index in [2.05, 4.69) is 11.4 Å². The molecule has 1 aromatic carbocycles. The van der Waals surface area contributed by atoms with Gasteiger partial charge in [-0.2, -0.15) is 5.26 Å². The van der Waals surface area contributed by atoms with Gasteiger partial charge in [-0.1, -0.05) is 18.2 Å². The summed E-state index contributed by atoms with van der Waals surface area (Å²) in [7, 11) is 0. The van der Waals surface area contributed by atoms with Gasteiger partial charge in [-0.05, 0) is 11.6 Å². The van der Waals surface area contributed by atoms with E-state index in [4.69, 9.17) is 5.26 Å². The summed E-state index contributed by atoms with van der Waals surface area (Å²) in [5.41, 5.74) is 3.08. The minimum absolute atomic E-state index is 0. The molecule has 3 N–H and O–H groups in total. The molecule has 1 heterocycles. The maximum absolute atomic E-state index is 8.66. The van der Waals surface area contributed by atoms with Crippen LogP contribution in [0.3, 0.4) is 0 Å². The number of hydrogen-bond donors (Lipinski definition) is 1. The summed E-state index contributed by atoms with van der Waals surface area (Å²) in [5, 5.41) is 11.7. The standard InChI is InChI=1S/C10H8N2.H2O/c11-6-8-5-9-3-1-2-4-10(9)12-7-8;/h1-4,7,12H,5H2;1H2. The predicted molar refractivity (Wildman–Crippen MR) is 51.1 cm³/mol. The number of hydrogen-bond acceptors (Lipinski definition) is 2. The van der Waals surface area contributed by atoms with E-state index >= 15 is 0 Å². The topological polar surface area (TPSA) is 67.3 Å². The summed E-state index contributed by atoms with van der Waals surface area (Å²) in [6.45, 7) is 0. The summed E-state index contributed by atoms with van der Waals surface area (Å²) in [6.07, 6.45) is 2.52. The van der Waals surface area contributed by atoms with Gasteiger partial charge >= 0.3 is 0 Å². The zero-order valence-electron chi connectivity index (χ0n) is 7.04. The zero-order chi connectivity index (χ0) is 8.39. The Kier molecular flexibility index (Phi) is 2.68. The Hall–Kier alpha value is -1.79. The quantitative estimate of drug-likeness (QED) is 0.642. The molecule has 0 atom stereocenters. The summed E-state index contributed by atoms with van der Waals surface area (Å²) in [6, 6.07) is 10.2. The highest BCUT2D eigenvalue weighted by Gasteiger charge is 2.08. The maximum atomic E-state index is 8.66. The average Bonchev–Trinajstić information content (AvgIpc) is 2.17. The molecule has 0 fully saturated rings. The Bertz CT molecular complexity index is 377. The Balaban J connectivity index is 0.000000845. The van der Waals surface area contributed by atoms with Gasteiger partial charge in [0, 0.05) is 23.9 Å². The van der Waals surface area contributed by atoms with Crippen LogP contribution in [0.4, 0.5) is 5.69 Å². The molecule has 0 aromatic heterocycles. The highest BCUT2D eigenvalue weighted by atomic mass is 16.0. The number of rotatable bonds is 0. The van der Waals surface area contributed by atoms with E-state index in [9.17, 15) is 0 Å². The summed E-state index contributed by atoms with van der Waals surface area (Å²) in [5.74, 6) is 0. The molecule has 0 radical (unpaired) electrons. The molecule has 1 aliphatic heterocycles. The molecular weight excluding hydrogens is 164 g/mol. The van der Waals surface area contributed by atoms with Crippen molar-refractivity contribution in [1.29, 1.82) is 5.26 Å². The van der Waals surface area contributed by atoms with Crippen LogP contribution in [-0.4, -0.2) is 5.48 Å². The van der Waals surface area contributed by atoms with Crippen LogP contribution >= 0.6 is 0 Å². The first-order valence-electron chi connectivity index (χ1n) is 3.84. The Morgan fingerprint density at radius 1 is 1.31 bits per heavy atom. The van der Waals surface area contributed by atoms with Gasteiger partial charge in [-0.25, -0.2) is 0 Å². The fourth-order valence-corrected chi connectivity index (χ4v) is 1.31. The molecule has 1 aromatic rings. The molecule has 0 amide bonds. The monoisotopic (exact) mass is 174 g/mol. The number of allylic oxidation sites excluding steroid dienone is 1. The lowest BCUT2D eigenvalue weighted by atomic mass is 10.0. The number of nitriles is 1. The lowest BCUT2D eigenvalue weighted by Crippen LogP contribution is -2.03. The van der Waals surface area contributed by atoms with Crippen LogP contribution in [0.2, 0.25) is 0 Å². The predicted octanol–water partition coefficient (Wildman–Crippen LogP) is 1.24. The van der Waals surface area contributed by atoms with Crippen molar-refractivity contribution in [2.75, 3.05) is 5.32 Å². The number of nitrogens with one attached hydrogen (secondary N) is 1. The van der Waals surface area contributed by atoms with Gasteiger partial charge in [0.15, 0.2) is 0 Å². The van der Waals surface area contributed by atoms with Crippen molar-refractivity contribution >= 4 is 5.69 Å². The molecule has 1 aliphatic rings. The van der Waals surface area contributed by atoms with Crippen molar-refractivity contribution in [1.82, 2.24) is 0 Å². The van der Waals surface area contributed by atoms with Crippen molar-refractivity contribution in [2.24, 2.45) is 0 Å². The van der Waals surface area contributed by atoms with Crippen molar-refractivity contribution in [2.45, 2.75) is 6.42 Å². The van der Waals surface area contributed by atoms with Gasteiger partial charge in [0.05, 0.1) is 6.07 Å². The molecule has 13 heavy (non-hydrogen) atoms. The van der Waals surface area contributed by atoms with Crippen molar-refractivity contribution in [3.8, 4) is 6.07 Å². The van der Waals surface area contributed by atoms with Crippen LogP contribution in [0.25, 0.3) is 0 Å². The Morgan fingerprint density at radius 3 is 2.85 bits per heavy atom. The van der Waals surface area contributed by atoms with Crippen LogP contribution in [0.1, 0.15) is 5.56 Å². The van der Waals surface area contributed by atoms with Gasteiger partial charge in [0.2, 0.25) is 0 Å². The third-order valence-corrected chi connectivity index (χ3v) is 1.94. The summed E-state index contributed by atoms with van der Waals surface area (Å²) >= 11 is 0. The third kappa shape index (κ3) is 1.68. The highest BCUT2D eigenvalue weighted by molar-refractivity contribution is 5.59. The Labute approximate surface area is 76.6 Å². The van der Waals surface area contributed by atoms with E-state index in [0.29, 0.717) is 0 Å². The fourth-order valence-electron chi connectivity index (χ4n) is 1.31. The SMILES string of the molecule is N#CC1=CNc2ccccc2C1.O. The molecule has 0 saturated carbocycles. The lowest BCUT2D eigenvalue weighted by Gasteiger charge is -2.13. The van der Waals surface area contributed by atoms with E-state index in [1.165, 1.54) is 5.56 Å². The first kappa shape index (κ1) is 9.30. The van der Waals surface area contributed by atoms with Crippen molar-refractivity contribution in [3.05, 3.63) is 41.6 Å². The maximum Gasteiger partial charge on any atom is 0.0965 e. The minimum Gasteiger partial charge on any atom is -0.412 e. The second-order valence-electron chi connectivity index (χ2n) is 2.76. The lowest BCUT2D eigenvalue weighted by molar-refractivity contribution is 0.824. The van der Waals surface area contributed by atoms with Crippen LogP contribution in [-0.2, 0) is 6.42 Å². The van der Waals surface area contributed by atoms with Crippen LogP contribution in [0.15, 0.2) is 36.0 Å². The normalized spacial score (nSPS) is 12.7. The molecular formula is C10H10N2O. The number of para-hydroxylation sites is 1. The fraction of sp³-hybridized carbons (Fsp3) is 0.100. The molecule has 0 saturated heterocycles. The number of anilines is 1. The smallest absolute Gasteiger partial charge is 0.0965 e. The van der Waals surface area contributed by atoms with Crippen molar-refractivity contribution < 1.29 is 5.48 Å². The molecule has 66 valence electrons. The number of fused-ring (bicyclic) bond motifs is 1. The van der Waals surface area contributed by atoms with Crippen LogP contribution in [0, 0.1) is 11.3 Å². The largest absolute Gasteiger partial charge is 0.412 e. The zero-order valence-corrected chi connectivity index (χ0v) is 7.04. The van der Waals surface area contributed by atoms with Gasteiger partial charge in [-0.3, -0.25) is 0 Å². The van der Waals surface area contributed by atoms with Crippen LogP contribution in [0.5, 0.6) is 0 Å². The minimum atomic E-state index is 0. The van der Waals surface area contributed by atoms with E-state index in [-0.39, 0.29) is 5.48 Å². The second kappa shape index (κ2) is 3.74. The second-order valence-corrected chi connectivity index (χ2v) is 2.76. The molecule has 2 rings (SSSR count). The summed E-state index contributed by atoms with van der Waals surface area (Å²) < 4.78 is 0. The average molecular weight is 174 g/mol. The molecule has 3 heteroatoms. The first-order chi connectivity index (χ1) is 5.90. The summed E-state index contributed by atoms with van der Waals surface area (Å²) in [4.78, 5) is 0. The first-order valence-corrected chi connectivity index (χ1v) is 3.84. The molecule has 0 bridgehead atoms. The molecule has 0 unspecified atom stereocenters. The van der Waals surface area contributed by atoms with Crippen molar-refractivity contribution in [3.63, 3.8) is 0 Å². The van der Waals surface area contributed by atoms with Gasteiger partial charge in [0.25, 0.3) is 0 Å². The van der Waals surface area contributed by atoms with E-state index < -0.39 is 0 Å². The van der Waals surface area contributed by atoms with E-state index in [0.717, 1.165) is 17.7 Å². The van der Waals surface area contributed by atoms with Crippen LogP contribution < -0.4 is 5.32 Å². The molecule has 3 nitrogen and oxygen atoms in total. The number of nitrogens with zero attached hydrogens (tertiary/aromatic N) is 1. The Morgan fingerprint density at radius 2 is 2.08 bits per heavy atom. The highest BCUT2D eigenvalue weighted by Crippen LogP contribution is 2.22.